The molecule has 26 heavy (non-hydrogen) atoms. The van der Waals surface area contributed by atoms with E-state index < -0.39 is 0 Å². The Kier molecular flexibility index (Phi) is 5.05. The van der Waals surface area contributed by atoms with Crippen LogP contribution in [0.4, 0.5) is 11.4 Å². The second-order valence-electron chi connectivity index (χ2n) is 8.00. The van der Waals surface area contributed by atoms with Gasteiger partial charge in [-0.2, -0.15) is 0 Å². The van der Waals surface area contributed by atoms with E-state index in [9.17, 15) is 4.79 Å². The minimum absolute atomic E-state index is 0.180. The van der Waals surface area contributed by atoms with Gasteiger partial charge in [-0.15, -0.1) is 0 Å². The first kappa shape index (κ1) is 18.5. The predicted molar refractivity (Wildman–Crippen MR) is 104 cm³/mol. The van der Waals surface area contributed by atoms with Gasteiger partial charge in [0.2, 0.25) is 0 Å². The highest BCUT2D eigenvalue weighted by atomic mass is 16.5. The summed E-state index contributed by atoms with van der Waals surface area (Å²) in [5.41, 5.74) is 2.92. The molecule has 6 heteroatoms. The van der Waals surface area contributed by atoms with E-state index in [0.29, 0.717) is 17.0 Å². The van der Waals surface area contributed by atoms with Gasteiger partial charge in [0.15, 0.2) is 0 Å². The second kappa shape index (κ2) is 7.11. The number of carbonyl (C=O) groups is 1. The Morgan fingerprint density at radius 2 is 1.73 bits per heavy atom. The lowest BCUT2D eigenvalue weighted by Crippen LogP contribution is -2.44. The van der Waals surface area contributed by atoms with Gasteiger partial charge in [0.1, 0.15) is 17.0 Å². The third-order valence-electron chi connectivity index (χ3n) is 4.79. The molecular weight excluding hydrogens is 328 g/mol. The van der Waals surface area contributed by atoms with Gasteiger partial charge in [0, 0.05) is 43.0 Å². The molecule has 2 aromatic rings. The number of piperazine rings is 1. The predicted octanol–water partition coefficient (Wildman–Crippen LogP) is 3.28. The zero-order valence-electron chi connectivity index (χ0n) is 16.3. The zero-order chi connectivity index (χ0) is 18.9. The van der Waals surface area contributed by atoms with E-state index in [1.165, 1.54) is 5.69 Å². The summed E-state index contributed by atoms with van der Waals surface area (Å²) in [7, 11) is 2.15. The monoisotopic (exact) mass is 356 g/mol. The van der Waals surface area contributed by atoms with Crippen LogP contribution in [0.1, 0.15) is 42.6 Å². The van der Waals surface area contributed by atoms with Crippen molar-refractivity contribution < 1.29 is 9.32 Å². The summed E-state index contributed by atoms with van der Waals surface area (Å²) in [6.07, 6.45) is 0. The summed E-state index contributed by atoms with van der Waals surface area (Å²) in [6, 6.07) is 8.02. The summed E-state index contributed by atoms with van der Waals surface area (Å²) in [4.78, 5) is 17.5. The van der Waals surface area contributed by atoms with Crippen LogP contribution in [0.2, 0.25) is 0 Å². The van der Waals surface area contributed by atoms with Crippen molar-refractivity contribution in [2.75, 3.05) is 43.4 Å². The normalized spacial score (nSPS) is 16.0. The minimum atomic E-state index is -0.254. The minimum Gasteiger partial charge on any atom is -0.369 e. The molecule has 3 rings (SSSR count). The molecule has 0 saturated carbocycles. The molecule has 1 aromatic heterocycles. The molecule has 0 atom stereocenters. The number of nitrogens with zero attached hydrogens (tertiary/aromatic N) is 3. The average Bonchev–Trinajstić information content (AvgIpc) is 2.98. The fourth-order valence-electron chi connectivity index (χ4n) is 3.17. The van der Waals surface area contributed by atoms with Crippen LogP contribution >= 0.6 is 0 Å². The van der Waals surface area contributed by atoms with Gasteiger partial charge in [-0.25, -0.2) is 0 Å². The first-order valence-electron chi connectivity index (χ1n) is 9.07. The lowest BCUT2D eigenvalue weighted by Gasteiger charge is -2.34. The van der Waals surface area contributed by atoms with Crippen LogP contribution in [-0.2, 0) is 5.41 Å². The number of likely N-dealkylation sites (N-methyl/N-ethyl adjacent to an activating group) is 1. The summed E-state index contributed by atoms with van der Waals surface area (Å²) in [5, 5.41) is 7.05. The standard InChI is InChI=1S/C20H28N4O2/c1-14-17(18(22-26-14)20(2,3)4)19(25)21-15-6-8-16(9-7-15)24-12-10-23(5)11-13-24/h6-9H,10-13H2,1-5H3,(H,21,25). The highest BCUT2D eigenvalue weighted by Gasteiger charge is 2.28. The molecule has 140 valence electrons. The van der Waals surface area contributed by atoms with Crippen molar-refractivity contribution in [1.82, 2.24) is 10.1 Å². The first-order valence-corrected chi connectivity index (χ1v) is 9.07. The van der Waals surface area contributed by atoms with Gasteiger partial charge in [-0.3, -0.25) is 4.79 Å². The van der Waals surface area contributed by atoms with Gasteiger partial charge >= 0.3 is 0 Å². The van der Waals surface area contributed by atoms with Crippen molar-refractivity contribution in [2.45, 2.75) is 33.1 Å². The van der Waals surface area contributed by atoms with E-state index in [1.54, 1.807) is 6.92 Å². The molecule has 0 unspecified atom stereocenters. The van der Waals surface area contributed by atoms with Crippen LogP contribution in [0.5, 0.6) is 0 Å². The van der Waals surface area contributed by atoms with Gasteiger partial charge in [0.05, 0.1) is 0 Å². The molecule has 1 aliphatic heterocycles. The number of carbonyl (C=O) groups excluding carboxylic acids is 1. The first-order chi connectivity index (χ1) is 12.3. The topological polar surface area (TPSA) is 61.6 Å². The van der Waals surface area contributed by atoms with E-state index in [1.807, 2.05) is 32.9 Å². The van der Waals surface area contributed by atoms with Gasteiger partial charge < -0.3 is 19.6 Å². The van der Waals surface area contributed by atoms with Crippen LogP contribution in [0.15, 0.2) is 28.8 Å². The zero-order valence-corrected chi connectivity index (χ0v) is 16.3. The fourth-order valence-corrected chi connectivity index (χ4v) is 3.17. The molecule has 2 heterocycles. The Morgan fingerprint density at radius 1 is 1.12 bits per heavy atom. The van der Waals surface area contributed by atoms with Gasteiger partial charge in [-0.1, -0.05) is 25.9 Å². The Balaban J connectivity index is 1.72. The molecule has 1 amide bonds. The van der Waals surface area contributed by atoms with Crippen molar-refractivity contribution in [3.8, 4) is 0 Å². The number of anilines is 2. The molecule has 6 nitrogen and oxygen atoms in total. The maximum Gasteiger partial charge on any atom is 0.261 e. The van der Waals surface area contributed by atoms with E-state index >= 15 is 0 Å². The average molecular weight is 356 g/mol. The number of hydrogen-bond acceptors (Lipinski definition) is 5. The molecule has 1 aliphatic rings. The lowest BCUT2D eigenvalue weighted by atomic mass is 9.88. The van der Waals surface area contributed by atoms with Crippen molar-refractivity contribution in [3.05, 3.63) is 41.3 Å². The molecule has 0 bridgehead atoms. The number of aromatic nitrogens is 1. The van der Waals surface area contributed by atoms with Gasteiger partial charge in [-0.05, 0) is 38.2 Å². The molecule has 1 aromatic carbocycles. The van der Waals surface area contributed by atoms with E-state index in [4.69, 9.17) is 4.52 Å². The van der Waals surface area contributed by atoms with Crippen molar-refractivity contribution in [3.63, 3.8) is 0 Å². The van der Waals surface area contributed by atoms with Crippen molar-refractivity contribution in [1.29, 1.82) is 0 Å². The smallest absolute Gasteiger partial charge is 0.261 e. The van der Waals surface area contributed by atoms with Crippen LogP contribution in [0.25, 0.3) is 0 Å². The molecule has 1 saturated heterocycles. The van der Waals surface area contributed by atoms with E-state index in [0.717, 1.165) is 31.9 Å². The highest BCUT2D eigenvalue weighted by Crippen LogP contribution is 2.28. The quantitative estimate of drug-likeness (QED) is 0.914. The maximum atomic E-state index is 12.8. The van der Waals surface area contributed by atoms with Gasteiger partial charge in [0.25, 0.3) is 5.91 Å². The largest absolute Gasteiger partial charge is 0.369 e. The maximum absolute atomic E-state index is 12.8. The molecule has 1 N–H and O–H groups in total. The molecular formula is C20H28N4O2. The summed E-state index contributed by atoms with van der Waals surface area (Å²) in [6.45, 7) is 12.0. The van der Waals surface area contributed by atoms with Crippen molar-refractivity contribution >= 4 is 17.3 Å². The summed E-state index contributed by atoms with van der Waals surface area (Å²) < 4.78 is 5.27. The highest BCUT2D eigenvalue weighted by molar-refractivity contribution is 6.06. The molecule has 0 radical (unpaired) electrons. The van der Waals surface area contributed by atoms with Crippen LogP contribution in [-0.4, -0.2) is 49.2 Å². The van der Waals surface area contributed by atoms with Crippen LogP contribution in [0, 0.1) is 6.92 Å². The molecule has 1 fully saturated rings. The number of rotatable bonds is 3. The molecule has 0 aliphatic carbocycles. The third-order valence-corrected chi connectivity index (χ3v) is 4.79. The number of nitrogens with one attached hydrogen (secondary N) is 1. The Morgan fingerprint density at radius 3 is 2.31 bits per heavy atom. The number of hydrogen-bond donors (Lipinski definition) is 1. The van der Waals surface area contributed by atoms with E-state index in [-0.39, 0.29) is 11.3 Å². The SMILES string of the molecule is Cc1onc(C(C)(C)C)c1C(=O)Nc1ccc(N2CCN(C)CC2)cc1. The Hall–Kier alpha value is -2.34. The number of benzene rings is 1. The number of amides is 1. The van der Waals surface area contributed by atoms with Crippen LogP contribution in [0.3, 0.4) is 0 Å². The summed E-state index contributed by atoms with van der Waals surface area (Å²) in [5.74, 6) is 0.363. The Bertz CT molecular complexity index is 766. The Labute approximate surface area is 155 Å². The van der Waals surface area contributed by atoms with Crippen molar-refractivity contribution in [2.24, 2.45) is 0 Å². The van der Waals surface area contributed by atoms with E-state index in [2.05, 4.69) is 39.5 Å². The molecule has 0 spiro atoms. The fraction of sp³-hybridized carbons (Fsp3) is 0.500. The third kappa shape index (κ3) is 3.90. The lowest BCUT2D eigenvalue weighted by molar-refractivity contribution is 0.102. The van der Waals surface area contributed by atoms with Crippen LogP contribution < -0.4 is 10.2 Å². The number of aryl methyl sites for hydroxylation is 1. The summed E-state index contributed by atoms with van der Waals surface area (Å²) >= 11 is 0. The second-order valence-corrected chi connectivity index (χ2v) is 8.00.